The van der Waals surface area contributed by atoms with Gasteiger partial charge in [-0.3, -0.25) is 14.5 Å². The minimum absolute atomic E-state index is 0.147. The first kappa shape index (κ1) is 18.1. The summed E-state index contributed by atoms with van der Waals surface area (Å²) in [6, 6.07) is 19.8. The number of pyridine rings is 1. The van der Waals surface area contributed by atoms with Crippen LogP contribution in [0.1, 0.15) is 27.3 Å². The van der Waals surface area contributed by atoms with Crippen LogP contribution in [0.4, 0.5) is 0 Å². The van der Waals surface area contributed by atoms with Gasteiger partial charge in [-0.1, -0.05) is 42.5 Å². The van der Waals surface area contributed by atoms with Crippen molar-refractivity contribution in [3.63, 3.8) is 0 Å². The van der Waals surface area contributed by atoms with Crippen molar-refractivity contribution in [2.75, 3.05) is 0 Å². The maximum Gasteiger partial charge on any atom is 0.255 e. The van der Waals surface area contributed by atoms with Crippen LogP contribution in [0.25, 0.3) is 10.6 Å². The van der Waals surface area contributed by atoms with Gasteiger partial charge in [0.15, 0.2) is 0 Å². The second kappa shape index (κ2) is 8.19. The molecular weight excluding hydrogens is 368 g/mol. The highest BCUT2D eigenvalue weighted by atomic mass is 32.1. The van der Waals surface area contributed by atoms with E-state index >= 15 is 0 Å². The number of thiophene rings is 1. The van der Waals surface area contributed by atoms with Crippen LogP contribution in [0.3, 0.4) is 0 Å². The highest BCUT2D eigenvalue weighted by molar-refractivity contribution is 7.13. The van der Waals surface area contributed by atoms with Crippen LogP contribution in [0.5, 0.6) is 0 Å². The molecular formula is C22H20N4OS. The monoisotopic (exact) mass is 388 g/mol. The maximum absolute atomic E-state index is 12.9. The topological polar surface area (TPSA) is 59.8 Å². The SMILES string of the molecule is Cc1cccc(CNC(=O)c2cn(Cc3ccccc3)nc2-c2cccs2)n1. The number of aryl methyl sites for hydroxylation is 1. The predicted molar refractivity (Wildman–Crippen MR) is 111 cm³/mol. The van der Waals surface area contributed by atoms with Gasteiger partial charge < -0.3 is 5.32 Å². The molecule has 0 aliphatic rings. The highest BCUT2D eigenvalue weighted by Gasteiger charge is 2.19. The second-order valence-electron chi connectivity index (χ2n) is 6.50. The summed E-state index contributed by atoms with van der Waals surface area (Å²) < 4.78 is 1.82. The summed E-state index contributed by atoms with van der Waals surface area (Å²) in [6.07, 6.45) is 1.82. The molecule has 1 aromatic carbocycles. The fraction of sp³-hybridized carbons (Fsp3) is 0.136. The number of hydrogen-bond donors (Lipinski definition) is 1. The summed E-state index contributed by atoms with van der Waals surface area (Å²) in [7, 11) is 0. The van der Waals surface area contributed by atoms with E-state index in [0.717, 1.165) is 21.8 Å². The van der Waals surface area contributed by atoms with Crippen molar-refractivity contribution in [1.29, 1.82) is 0 Å². The number of aromatic nitrogens is 3. The van der Waals surface area contributed by atoms with Gasteiger partial charge in [-0.2, -0.15) is 5.10 Å². The molecule has 0 radical (unpaired) electrons. The van der Waals surface area contributed by atoms with Gasteiger partial charge in [-0.05, 0) is 36.1 Å². The highest BCUT2D eigenvalue weighted by Crippen LogP contribution is 2.27. The Morgan fingerprint density at radius 2 is 1.93 bits per heavy atom. The lowest BCUT2D eigenvalue weighted by molar-refractivity contribution is 0.0951. The molecule has 0 aliphatic carbocycles. The van der Waals surface area contributed by atoms with Crippen molar-refractivity contribution < 1.29 is 4.79 Å². The maximum atomic E-state index is 12.9. The molecule has 0 aliphatic heterocycles. The number of rotatable bonds is 6. The number of benzene rings is 1. The minimum atomic E-state index is -0.147. The van der Waals surface area contributed by atoms with Crippen LogP contribution in [-0.4, -0.2) is 20.7 Å². The molecule has 28 heavy (non-hydrogen) atoms. The summed E-state index contributed by atoms with van der Waals surface area (Å²) >= 11 is 1.58. The predicted octanol–water partition coefficient (Wildman–Crippen LogP) is 4.29. The molecule has 0 fully saturated rings. The van der Waals surface area contributed by atoms with Crippen LogP contribution in [0.2, 0.25) is 0 Å². The summed E-state index contributed by atoms with van der Waals surface area (Å²) in [5, 5.41) is 9.65. The molecule has 3 aromatic heterocycles. The van der Waals surface area contributed by atoms with E-state index in [4.69, 9.17) is 0 Å². The normalized spacial score (nSPS) is 10.8. The van der Waals surface area contributed by atoms with Crippen molar-refractivity contribution in [1.82, 2.24) is 20.1 Å². The summed E-state index contributed by atoms with van der Waals surface area (Å²) in [4.78, 5) is 18.3. The molecule has 0 saturated carbocycles. The third-order valence-electron chi connectivity index (χ3n) is 4.32. The third-order valence-corrected chi connectivity index (χ3v) is 5.20. The van der Waals surface area contributed by atoms with Crippen molar-refractivity contribution in [3.8, 4) is 10.6 Å². The quantitative estimate of drug-likeness (QED) is 0.536. The van der Waals surface area contributed by atoms with Gasteiger partial charge in [0.2, 0.25) is 0 Å². The number of nitrogens with one attached hydrogen (secondary N) is 1. The Hall–Kier alpha value is -3.25. The van der Waals surface area contributed by atoms with E-state index in [1.165, 1.54) is 0 Å². The zero-order valence-corrected chi connectivity index (χ0v) is 16.3. The lowest BCUT2D eigenvalue weighted by Crippen LogP contribution is -2.23. The molecule has 0 bridgehead atoms. The van der Waals surface area contributed by atoms with Crippen molar-refractivity contribution in [2.45, 2.75) is 20.0 Å². The van der Waals surface area contributed by atoms with Gasteiger partial charge in [-0.25, -0.2) is 0 Å². The Balaban J connectivity index is 1.58. The summed E-state index contributed by atoms with van der Waals surface area (Å²) in [5.74, 6) is -0.147. The Morgan fingerprint density at radius 3 is 2.68 bits per heavy atom. The summed E-state index contributed by atoms with van der Waals surface area (Å²) in [6.45, 7) is 2.94. The van der Waals surface area contributed by atoms with Gasteiger partial charge >= 0.3 is 0 Å². The molecule has 3 heterocycles. The van der Waals surface area contributed by atoms with Crippen molar-refractivity contribution in [3.05, 3.63) is 94.8 Å². The van der Waals surface area contributed by atoms with Gasteiger partial charge in [0.25, 0.3) is 5.91 Å². The summed E-state index contributed by atoms with van der Waals surface area (Å²) in [5.41, 5.74) is 4.19. The lowest BCUT2D eigenvalue weighted by Gasteiger charge is -2.05. The first-order chi connectivity index (χ1) is 13.7. The third kappa shape index (κ3) is 4.18. The van der Waals surface area contributed by atoms with E-state index in [-0.39, 0.29) is 5.91 Å². The Morgan fingerprint density at radius 1 is 1.07 bits per heavy atom. The van der Waals surface area contributed by atoms with E-state index in [9.17, 15) is 4.79 Å². The first-order valence-corrected chi connectivity index (χ1v) is 9.93. The molecule has 0 saturated heterocycles. The fourth-order valence-corrected chi connectivity index (χ4v) is 3.72. The van der Waals surface area contributed by atoms with Gasteiger partial charge in [-0.15, -0.1) is 11.3 Å². The number of nitrogens with zero attached hydrogens (tertiary/aromatic N) is 3. The van der Waals surface area contributed by atoms with E-state index in [2.05, 4.69) is 27.5 Å². The van der Waals surface area contributed by atoms with Crippen LogP contribution in [0, 0.1) is 6.92 Å². The molecule has 0 unspecified atom stereocenters. The molecule has 1 amide bonds. The Bertz CT molecular complexity index is 1070. The van der Waals surface area contributed by atoms with Crippen LogP contribution >= 0.6 is 11.3 Å². The smallest absolute Gasteiger partial charge is 0.255 e. The second-order valence-corrected chi connectivity index (χ2v) is 7.45. The molecule has 4 aromatic rings. The van der Waals surface area contributed by atoms with Gasteiger partial charge in [0.05, 0.1) is 29.2 Å². The molecule has 0 spiro atoms. The van der Waals surface area contributed by atoms with Crippen molar-refractivity contribution >= 4 is 17.2 Å². The minimum Gasteiger partial charge on any atom is -0.346 e. The average molecular weight is 388 g/mol. The molecule has 4 rings (SSSR count). The van der Waals surface area contributed by atoms with E-state index in [1.807, 2.05) is 71.7 Å². The molecule has 6 heteroatoms. The van der Waals surface area contributed by atoms with Crippen molar-refractivity contribution in [2.24, 2.45) is 0 Å². The molecule has 140 valence electrons. The van der Waals surface area contributed by atoms with Crippen LogP contribution in [0.15, 0.2) is 72.2 Å². The number of hydrogen-bond acceptors (Lipinski definition) is 4. The molecule has 5 nitrogen and oxygen atoms in total. The van der Waals surface area contributed by atoms with E-state index in [0.29, 0.717) is 24.3 Å². The zero-order chi connectivity index (χ0) is 19.3. The number of amides is 1. The van der Waals surface area contributed by atoms with E-state index in [1.54, 1.807) is 11.3 Å². The largest absolute Gasteiger partial charge is 0.346 e. The standard InChI is InChI=1S/C22H20N4OS/c1-16-7-5-10-18(24-16)13-23-22(27)19-15-26(14-17-8-3-2-4-9-17)25-21(19)20-11-6-12-28-20/h2-12,15H,13-14H2,1H3,(H,23,27). The number of carbonyl (C=O) groups excluding carboxylic acids is 1. The zero-order valence-electron chi connectivity index (χ0n) is 15.5. The lowest BCUT2D eigenvalue weighted by atomic mass is 10.2. The fourth-order valence-electron chi connectivity index (χ4n) is 3.00. The Labute approximate surface area is 167 Å². The van der Waals surface area contributed by atoms with Crippen LogP contribution in [-0.2, 0) is 13.1 Å². The van der Waals surface area contributed by atoms with Gasteiger partial charge in [0.1, 0.15) is 5.69 Å². The molecule has 0 atom stereocenters. The Kier molecular flexibility index (Phi) is 5.30. The first-order valence-electron chi connectivity index (χ1n) is 9.05. The molecule has 1 N–H and O–H groups in total. The van der Waals surface area contributed by atoms with Crippen LogP contribution < -0.4 is 5.32 Å². The number of carbonyl (C=O) groups is 1. The van der Waals surface area contributed by atoms with E-state index < -0.39 is 0 Å². The average Bonchev–Trinajstić information content (AvgIpc) is 3.37. The van der Waals surface area contributed by atoms with Gasteiger partial charge in [0, 0.05) is 11.9 Å².